The number of hydrogen-bond donors (Lipinski definition) is 2. The summed E-state index contributed by atoms with van der Waals surface area (Å²) < 4.78 is 48.5. The first-order valence-corrected chi connectivity index (χ1v) is 8.86. The molecule has 1 aromatic carbocycles. The quantitative estimate of drug-likeness (QED) is 0.782. The van der Waals surface area contributed by atoms with Crippen LogP contribution in [0.5, 0.6) is 0 Å². The number of carbonyl (C=O) groups is 1. The SMILES string of the molecule is CN1C(=O)C(c2ccc3nc(N)sc3c2)(C(F)(F)F)NCC12CCOC2. The van der Waals surface area contributed by atoms with Crippen LogP contribution < -0.4 is 11.1 Å². The fraction of sp³-hybridized carbons (Fsp3) is 0.500. The molecule has 2 aliphatic heterocycles. The molecule has 1 amide bonds. The number of hydrogen-bond acceptors (Lipinski definition) is 6. The zero-order valence-electron chi connectivity index (χ0n) is 13.9. The standard InChI is InChI=1S/C16H17F3N4O2S/c1-23-12(24)15(16(17,18)19,21-7-14(23)4-5-25-8-14)9-2-3-10-11(6-9)26-13(20)22-10/h2-3,6,21H,4-5,7-8H2,1H3,(H2,20,22). The fourth-order valence-electron chi connectivity index (χ4n) is 3.75. The van der Waals surface area contributed by atoms with E-state index >= 15 is 0 Å². The van der Waals surface area contributed by atoms with Crippen LogP contribution in [-0.2, 0) is 15.1 Å². The molecule has 2 fully saturated rings. The molecule has 1 spiro atoms. The van der Waals surface area contributed by atoms with Crippen LogP contribution in [-0.4, -0.2) is 54.3 Å². The second-order valence-electron chi connectivity index (χ2n) is 6.73. The van der Waals surface area contributed by atoms with E-state index < -0.39 is 23.2 Å². The fourth-order valence-corrected chi connectivity index (χ4v) is 4.52. The third-order valence-electron chi connectivity index (χ3n) is 5.37. The van der Waals surface area contributed by atoms with Crippen molar-refractivity contribution in [2.75, 3.05) is 32.5 Å². The Morgan fingerprint density at radius 1 is 1.42 bits per heavy atom. The highest BCUT2D eigenvalue weighted by molar-refractivity contribution is 7.22. The Bertz CT molecular complexity index is 878. The third kappa shape index (κ3) is 2.25. The molecule has 0 bridgehead atoms. The first-order chi connectivity index (χ1) is 12.2. The Labute approximate surface area is 151 Å². The molecule has 2 atom stereocenters. The highest BCUT2D eigenvalue weighted by Crippen LogP contribution is 2.46. The summed E-state index contributed by atoms with van der Waals surface area (Å²) in [5.41, 5.74) is 2.44. The number of nitrogens with one attached hydrogen (secondary N) is 1. The minimum Gasteiger partial charge on any atom is -0.379 e. The molecule has 2 aliphatic rings. The zero-order chi connectivity index (χ0) is 18.7. The lowest BCUT2D eigenvalue weighted by Crippen LogP contribution is -2.75. The molecule has 26 heavy (non-hydrogen) atoms. The number of carbonyl (C=O) groups excluding carboxylic acids is 1. The van der Waals surface area contributed by atoms with Gasteiger partial charge in [-0.15, -0.1) is 0 Å². The molecule has 0 aliphatic carbocycles. The second kappa shape index (κ2) is 5.54. The summed E-state index contributed by atoms with van der Waals surface area (Å²) in [6.07, 6.45) is -4.32. The van der Waals surface area contributed by atoms with Gasteiger partial charge in [-0.25, -0.2) is 4.98 Å². The number of nitrogens with two attached hydrogens (primary N) is 1. The zero-order valence-corrected chi connectivity index (χ0v) is 14.7. The predicted molar refractivity (Wildman–Crippen MR) is 90.7 cm³/mol. The average molecular weight is 386 g/mol. The molecule has 1 aromatic heterocycles. The third-order valence-corrected chi connectivity index (χ3v) is 6.21. The van der Waals surface area contributed by atoms with Crippen LogP contribution in [0.2, 0.25) is 0 Å². The Morgan fingerprint density at radius 3 is 2.85 bits per heavy atom. The lowest BCUT2D eigenvalue weighted by atomic mass is 9.80. The molecule has 2 unspecified atom stereocenters. The predicted octanol–water partition coefficient (Wildman–Crippen LogP) is 1.86. The van der Waals surface area contributed by atoms with Crippen molar-refractivity contribution in [1.29, 1.82) is 0 Å². The number of benzene rings is 1. The highest BCUT2D eigenvalue weighted by atomic mass is 32.1. The first kappa shape index (κ1) is 17.5. The summed E-state index contributed by atoms with van der Waals surface area (Å²) in [7, 11) is 1.42. The number of alkyl halides is 3. The average Bonchev–Trinajstić information content (AvgIpc) is 3.18. The van der Waals surface area contributed by atoms with E-state index in [4.69, 9.17) is 10.5 Å². The largest absolute Gasteiger partial charge is 0.419 e. The van der Waals surface area contributed by atoms with Gasteiger partial charge in [-0.2, -0.15) is 13.2 Å². The molecule has 0 saturated carbocycles. The summed E-state index contributed by atoms with van der Waals surface area (Å²) in [5.74, 6) is -1.03. The van der Waals surface area contributed by atoms with E-state index in [-0.39, 0.29) is 23.8 Å². The highest BCUT2D eigenvalue weighted by Gasteiger charge is 2.67. The van der Waals surface area contributed by atoms with Crippen molar-refractivity contribution < 1.29 is 22.7 Å². The molecular weight excluding hydrogens is 369 g/mol. The van der Waals surface area contributed by atoms with Gasteiger partial charge in [0.05, 0.1) is 22.4 Å². The second-order valence-corrected chi connectivity index (χ2v) is 7.79. The van der Waals surface area contributed by atoms with Crippen LogP contribution in [0.4, 0.5) is 18.3 Å². The summed E-state index contributed by atoms with van der Waals surface area (Å²) in [6, 6.07) is 4.10. The maximum absolute atomic E-state index is 14.2. The number of likely N-dealkylation sites (N-methyl/N-ethyl adjacent to an activating group) is 1. The van der Waals surface area contributed by atoms with Crippen molar-refractivity contribution in [1.82, 2.24) is 15.2 Å². The Hall–Kier alpha value is -1.91. The normalized spacial score (nSPS) is 29.8. The van der Waals surface area contributed by atoms with E-state index in [0.29, 0.717) is 23.2 Å². The van der Waals surface area contributed by atoms with Gasteiger partial charge in [0.25, 0.3) is 5.91 Å². The molecule has 10 heteroatoms. The van der Waals surface area contributed by atoms with Crippen molar-refractivity contribution in [2.45, 2.75) is 23.7 Å². The van der Waals surface area contributed by atoms with Crippen molar-refractivity contribution in [2.24, 2.45) is 0 Å². The molecule has 4 rings (SSSR count). The number of anilines is 1. The summed E-state index contributed by atoms with van der Waals surface area (Å²) in [6.45, 7) is 0.641. The van der Waals surface area contributed by atoms with Crippen LogP contribution in [0.25, 0.3) is 10.2 Å². The van der Waals surface area contributed by atoms with E-state index in [2.05, 4.69) is 10.3 Å². The molecule has 2 saturated heterocycles. The maximum Gasteiger partial charge on any atom is 0.419 e. The summed E-state index contributed by atoms with van der Waals surface area (Å²) in [4.78, 5) is 18.3. The van der Waals surface area contributed by atoms with Crippen molar-refractivity contribution in [3.8, 4) is 0 Å². The number of aromatic nitrogens is 1. The van der Waals surface area contributed by atoms with Gasteiger partial charge in [0.1, 0.15) is 0 Å². The molecule has 3 N–H and O–H groups in total. The first-order valence-electron chi connectivity index (χ1n) is 8.04. The van der Waals surface area contributed by atoms with E-state index in [0.717, 1.165) is 11.3 Å². The van der Waals surface area contributed by atoms with Gasteiger partial charge in [0, 0.05) is 20.2 Å². The smallest absolute Gasteiger partial charge is 0.379 e. The molecular formula is C16H17F3N4O2S. The topological polar surface area (TPSA) is 80.5 Å². The van der Waals surface area contributed by atoms with E-state index in [1.807, 2.05) is 0 Å². The lowest BCUT2D eigenvalue weighted by Gasteiger charge is -2.50. The van der Waals surface area contributed by atoms with Crippen LogP contribution >= 0.6 is 11.3 Å². The Kier molecular flexibility index (Phi) is 3.73. The monoisotopic (exact) mass is 386 g/mol. The van der Waals surface area contributed by atoms with Crippen LogP contribution in [0.1, 0.15) is 12.0 Å². The van der Waals surface area contributed by atoms with Gasteiger partial charge in [-0.1, -0.05) is 17.4 Å². The maximum atomic E-state index is 14.2. The lowest BCUT2D eigenvalue weighted by molar-refractivity contribution is -0.220. The number of fused-ring (bicyclic) bond motifs is 1. The minimum absolute atomic E-state index is 0.00236. The van der Waals surface area contributed by atoms with Crippen LogP contribution in [0.3, 0.4) is 0 Å². The molecule has 6 nitrogen and oxygen atoms in total. The molecule has 3 heterocycles. The van der Waals surface area contributed by atoms with Gasteiger partial charge >= 0.3 is 6.18 Å². The number of ether oxygens (including phenoxy) is 1. The van der Waals surface area contributed by atoms with E-state index in [1.54, 1.807) is 0 Å². The number of halogens is 3. The molecule has 140 valence electrons. The Balaban J connectivity index is 1.85. The number of amides is 1. The number of nitrogen functional groups attached to an aromatic ring is 1. The van der Waals surface area contributed by atoms with Gasteiger partial charge in [0.2, 0.25) is 5.54 Å². The van der Waals surface area contributed by atoms with Gasteiger partial charge in [-0.3, -0.25) is 10.1 Å². The molecule has 2 aromatic rings. The number of thiazole rings is 1. The Morgan fingerprint density at radius 2 is 2.19 bits per heavy atom. The van der Waals surface area contributed by atoms with Crippen LogP contribution in [0, 0.1) is 0 Å². The van der Waals surface area contributed by atoms with Crippen LogP contribution in [0.15, 0.2) is 18.2 Å². The molecule has 0 radical (unpaired) electrons. The van der Waals surface area contributed by atoms with E-state index in [9.17, 15) is 18.0 Å². The minimum atomic E-state index is -4.82. The number of rotatable bonds is 1. The summed E-state index contributed by atoms with van der Waals surface area (Å²) in [5, 5.41) is 2.79. The number of nitrogens with zero attached hydrogens (tertiary/aromatic N) is 2. The van der Waals surface area contributed by atoms with Crippen molar-refractivity contribution in [3.05, 3.63) is 23.8 Å². The van der Waals surface area contributed by atoms with E-state index in [1.165, 1.54) is 30.1 Å². The van der Waals surface area contributed by atoms with Crippen molar-refractivity contribution >= 4 is 32.6 Å². The van der Waals surface area contributed by atoms with Gasteiger partial charge in [0.15, 0.2) is 5.13 Å². The number of piperazine rings is 1. The summed E-state index contributed by atoms with van der Waals surface area (Å²) >= 11 is 1.09. The van der Waals surface area contributed by atoms with Gasteiger partial charge < -0.3 is 15.4 Å². The van der Waals surface area contributed by atoms with Gasteiger partial charge in [-0.05, 0) is 24.1 Å². The van der Waals surface area contributed by atoms with Crippen molar-refractivity contribution in [3.63, 3.8) is 0 Å².